The van der Waals surface area contributed by atoms with Crippen LogP contribution in [-0.2, 0) is 16.3 Å². The SMILES string of the molecule is CC1(C)CC2=NN(c3ccccc3)[P@@](=S)(OC(C)(C)C)C2=C([NH+]2CCCCC2)C1. The number of rotatable bonds is 3. The summed E-state index contributed by atoms with van der Waals surface area (Å²) in [6, 6.07) is 10.4. The lowest BCUT2D eigenvalue weighted by Crippen LogP contribution is -3.11. The van der Waals surface area contributed by atoms with Gasteiger partial charge in [0.1, 0.15) is 11.0 Å². The average Bonchev–Trinajstić information content (AvgIpc) is 2.91. The van der Waals surface area contributed by atoms with Crippen LogP contribution in [0.1, 0.15) is 66.7 Å². The van der Waals surface area contributed by atoms with Gasteiger partial charge in [-0.25, -0.2) is 4.78 Å². The van der Waals surface area contributed by atoms with E-state index in [9.17, 15) is 0 Å². The van der Waals surface area contributed by atoms with Crippen LogP contribution in [0.2, 0.25) is 0 Å². The number of quaternary nitrogens is 1. The highest BCUT2D eigenvalue weighted by molar-refractivity contribution is 8.15. The van der Waals surface area contributed by atoms with Crippen LogP contribution in [0.5, 0.6) is 0 Å². The third-order valence-electron chi connectivity index (χ3n) is 5.88. The zero-order valence-electron chi connectivity index (χ0n) is 18.5. The van der Waals surface area contributed by atoms with E-state index in [1.807, 2.05) is 6.07 Å². The van der Waals surface area contributed by atoms with E-state index in [1.54, 1.807) is 4.90 Å². The van der Waals surface area contributed by atoms with Crippen molar-refractivity contribution in [2.75, 3.05) is 17.9 Å². The molecule has 0 unspecified atom stereocenters. The van der Waals surface area contributed by atoms with Crippen molar-refractivity contribution in [3.8, 4) is 0 Å². The lowest BCUT2D eigenvalue weighted by Gasteiger charge is -2.39. The Morgan fingerprint density at radius 1 is 1.07 bits per heavy atom. The summed E-state index contributed by atoms with van der Waals surface area (Å²) in [6.07, 6.45) is 3.48. The number of piperidine rings is 1. The standard InChI is InChI=1S/C23H34N3OPS/c1-22(2,3)27-28(29)21-19(24-26(28)18-12-8-6-9-13-18)16-23(4,5)17-20(21)25-14-10-7-11-15-25/h6,8-9,12-13H,7,10-11,14-17H2,1-5H3/p+1/t28-/m1/s1. The highest BCUT2D eigenvalue weighted by atomic mass is 32.4. The fraction of sp³-hybridized carbons (Fsp3) is 0.609. The molecule has 4 rings (SSSR count). The topological polar surface area (TPSA) is 29.3 Å². The van der Waals surface area contributed by atoms with Gasteiger partial charge in [-0.15, -0.1) is 0 Å². The number of hydrazone groups is 1. The molecule has 0 bridgehead atoms. The molecule has 1 aromatic rings. The molecule has 3 aliphatic rings. The van der Waals surface area contributed by atoms with E-state index < -0.39 is 6.42 Å². The summed E-state index contributed by atoms with van der Waals surface area (Å²) < 4.78 is 8.85. The van der Waals surface area contributed by atoms with E-state index in [1.165, 1.54) is 49.1 Å². The van der Waals surface area contributed by atoms with Crippen molar-refractivity contribution in [2.24, 2.45) is 10.5 Å². The Kier molecular flexibility index (Phi) is 5.57. The molecule has 4 nitrogen and oxygen atoms in total. The van der Waals surface area contributed by atoms with Crippen LogP contribution >= 0.6 is 6.42 Å². The Labute approximate surface area is 181 Å². The van der Waals surface area contributed by atoms with Crippen LogP contribution in [-0.4, -0.2) is 24.4 Å². The fourth-order valence-corrected chi connectivity index (χ4v) is 9.32. The quantitative estimate of drug-likeness (QED) is 0.675. The first kappa shape index (κ1) is 21.2. The molecule has 0 amide bonds. The molecule has 2 aliphatic heterocycles. The molecule has 1 atom stereocenters. The fourth-order valence-electron chi connectivity index (χ4n) is 4.82. The van der Waals surface area contributed by atoms with Gasteiger partial charge in [-0.1, -0.05) is 32.0 Å². The van der Waals surface area contributed by atoms with E-state index >= 15 is 0 Å². The number of nitrogens with zero attached hydrogens (tertiary/aromatic N) is 2. The van der Waals surface area contributed by atoms with Crippen molar-refractivity contribution in [3.05, 3.63) is 41.3 Å². The highest BCUT2D eigenvalue weighted by Crippen LogP contribution is 2.68. The molecule has 2 heterocycles. The lowest BCUT2D eigenvalue weighted by atomic mass is 9.78. The van der Waals surface area contributed by atoms with Gasteiger partial charge in [0.2, 0.25) is 6.42 Å². The second-order valence-corrected chi connectivity index (χ2v) is 13.9. The molecule has 0 aromatic heterocycles. The van der Waals surface area contributed by atoms with Crippen LogP contribution < -0.4 is 9.68 Å². The smallest absolute Gasteiger partial charge is 0.214 e. The number of para-hydroxylation sites is 1. The largest absolute Gasteiger partial charge is 0.323 e. The number of likely N-dealkylation sites (tertiary alicyclic amines) is 1. The first-order valence-corrected chi connectivity index (χ1v) is 13.6. The summed E-state index contributed by atoms with van der Waals surface area (Å²) in [5.41, 5.74) is 3.59. The summed E-state index contributed by atoms with van der Waals surface area (Å²) in [6.45, 7) is 13.5. The van der Waals surface area contributed by atoms with E-state index in [0.29, 0.717) is 0 Å². The Hall–Kier alpha value is -1.00. The van der Waals surface area contributed by atoms with Gasteiger partial charge in [-0.3, -0.25) is 0 Å². The molecule has 6 heteroatoms. The number of fused-ring (bicyclic) bond motifs is 1. The molecular weight excluding hydrogens is 397 g/mol. The van der Waals surface area contributed by atoms with E-state index in [2.05, 4.69) is 63.7 Å². The summed E-state index contributed by atoms with van der Waals surface area (Å²) in [5, 5.41) is 6.44. The number of allylic oxidation sites excluding steroid dienone is 2. The molecule has 29 heavy (non-hydrogen) atoms. The molecule has 0 spiro atoms. The van der Waals surface area contributed by atoms with Crippen LogP contribution in [0.25, 0.3) is 0 Å². The first-order chi connectivity index (χ1) is 13.6. The van der Waals surface area contributed by atoms with E-state index in [0.717, 1.165) is 18.5 Å². The van der Waals surface area contributed by atoms with Crippen LogP contribution in [0, 0.1) is 5.41 Å². The highest BCUT2D eigenvalue weighted by Gasteiger charge is 2.51. The third kappa shape index (κ3) is 4.25. The Morgan fingerprint density at radius 2 is 1.72 bits per heavy atom. The molecule has 1 aliphatic carbocycles. The molecule has 1 N–H and O–H groups in total. The van der Waals surface area contributed by atoms with Crippen molar-refractivity contribution < 1.29 is 9.42 Å². The van der Waals surface area contributed by atoms with Gasteiger partial charge in [-0.2, -0.15) is 5.10 Å². The summed E-state index contributed by atoms with van der Waals surface area (Å²) in [4.78, 5) is 1.62. The minimum Gasteiger partial charge on any atom is -0.323 e. The van der Waals surface area contributed by atoms with Crippen molar-refractivity contribution in [1.29, 1.82) is 0 Å². The summed E-state index contributed by atoms with van der Waals surface area (Å²) in [5.74, 6) is 0. The number of nitrogens with one attached hydrogen (secondary N) is 1. The third-order valence-corrected chi connectivity index (χ3v) is 9.82. The van der Waals surface area contributed by atoms with Crippen molar-refractivity contribution in [3.63, 3.8) is 0 Å². The van der Waals surface area contributed by atoms with Gasteiger partial charge in [-0.05, 0) is 75.8 Å². The van der Waals surface area contributed by atoms with Crippen LogP contribution in [0.15, 0.2) is 46.4 Å². The molecule has 0 saturated carbocycles. The monoisotopic (exact) mass is 432 g/mol. The lowest BCUT2D eigenvalue weighted by molar-refractivity contribution is -0.868. The molecular formula is C23H35N3OPS+. The molecule has 1 saturated heterocycles. The van der Waals surface area contributed by atoms with Crippen molar-refractivity contribution in [2.45, 2.75) is 72.3 Å². The van der Waals surface area contributed by atoms with Gasteiger partial charge >= 0.3 is 0 Å². The van der Waals surface area contributed by atoms with Crippen molar-refractivity contribution >= 4 is 29.6 Å². The zero-order chi connectivity index (χ0) is 20.9. The van der Waals surface area contributed by atoms with Gasteiger partial charge in [0.15, 0.2) is 0 Å². The Balaban J connectivity index is 1.90. The van der Waals surface area contributed by atoms with Gasteiger partial charge in [0.25, 0.3) is 0 Å². The number of hydrogen-bond donors (Lipinski definition) is 1. The maximum absolute atomic E-state index is 6.78. The Bertz CT molecular complexity index is 879. The minimum absolute atomic E-state index is 0.205. The first-order valence-electron chi connectivity index (χ1n) is 10.9. The number of benzene rings is 1. The molecule has 1 fully saturated rings. The predicted octanol–water partition coefficient (Wildman–Crippen LogP) is 5.09. The second kappa shape index (κ2) is 7.60. The van der Waals surface area contributed by atoms with E-state index in [4.69, 9.17) is 21.4 Å². The van der Waals surface area contributed by atoms with Gasteiger partial charge in [0.05, 0.1) is 30.1 Å². The average molecular weight is 433 g/mol. The number of anilines is 1. The molecule has 158 valence electrons. The van der Waals surface area contributed by atoms with E-state index in [-0.39, 0.29) is 11.0 Å². The van der Waals surface area contributed by atoms with Crippen molar-refractivity contribution in [1.82, 2.24) is 0 Å². The zero-order valence-corrected chi connectivity index (χ0v) is 20.2. The maximum Gasteiger partial charge on any atom is 0.214 e. The summed E-state index contributed by atoms with van der Waals surface area (Å²) >= 11 is 6.47. The number of hydrogen-bond acceptors (Lipinski definition) is 3. The van der Waals surface area contributed by atoms with Gasteiger partial charge < -0.3 is 9.42 Å². The molecule has 0 radical (unpaired) electrons. The summed E-state index contributed by atoms with van der Waals surface area (Å²) in [7, 11) is 0. The maximum atomic E-state index is 6.78. The Morgan fingerprint density at radius 3 is 2.34 bits per heavy atom. The normalized spacial score (nSPS) is 27.8. The van der Waals surface area contributed by atoms with Gasteiger partial charge in [0, 0.05) is 6.42 Å². The molecule has 1 aromatic carbocycles. The predicted molar refractivity (Wildman–Crippen MR) is 126 cm³/mol. The van der Waals surface area contributed by atoms with Crippen LogP contribution in [0.3, 0.4) is 0 Å². The minimum atomic E-state index is -2.51. The van der Waals surface area contributed by atoms with Crippen LogP contribution in [0.4, 0.5) is 5.69 Å². The second-order valence-electron chi connectivity index (χ2n) is 10.4.